The molecule has 1 heterocycles. The molecule has 3 heteroatoms. The van der Waals surface area contributed by atoms with Gasteiger partial charge in [0.15, 0.2) is 7.83 Å². The van der Waals surface area contributed by atoms with Crippen molar-refractivity contribution < 1.29 is 4.43 Å². The summed E-state index contributed by atoms with van der Waals surface area (Å²) >= 11 is 0. The highest BCUT2D eigenvalue weighted by molar-refractivity contribution is 7.40. The SMILES string of the molecule is C=CCCCC1(CCCC=C)CC[Si](CC)(CC)[Si](CC)(CC)O1. The Balaban J connectivity index is 3.07. The van der Waals surface area contributed by atoms with Gasteiger partial charge in [0.05, 0.1) is 13.2 Å². The molecule has 0 saturated carbocycles. The first-order valence-corrected chi connectivity index (χ1v) is 16.4. The second kappa shape index (κ2) is 10.1. The topological polar surface area (TPSA) is 9.23 Å². The molecular weight excluding hydrogens is 324 g/mol. The molecule has 0 aromatic rings. The summed E-state index contributed by atoms with van der Waals surface area (Å²) in [6, 6.07) is 7.07. The quantitative estimate of drug-likeness (QED) is 0.198. The number of rotatable bonds is 12. The molecule has 0 spiro atoms. The highest BCUT2D eigenvalue weighted by atomic mass is 29.3. The maximum atomic E-state index is 7.38. The molecule has 0 N–H and O–H groups in total. The van der Waals surface area contributed by atoms with E-state index in [1.165, 1.54) is 62.3 Å². The maximum absolute atomic E-state index is 7.38. The summed E-state index contributed by atoms with van der Waals surface area (Å²) in [6.45, 7) is 17.6. The van der Waals surface area contributed by atoms with E-state index in [4.69, 9.17) is 4.43 Å². The molecule has 0 atom stereocenters. The molecule has 1 rings (SSSR count). The first kappa shape index (κ1) is 21.9. The van der Waals surface area contributed by atoms with E-state index in [0.717, 1.165) is 12.8 Å². The van der Waals surface area contributed by atoms with Crippen LogP contribution in [0.4, 0.5) is 0 Å². The van der Waals surface area contributed by atoms with Crippen molar-refractivity contribution in [3.8, 4) is 0 Å². The van der Waals surface area contributed by atoms with Gasteiger partial charge in [0.25, 0.3) is 0 Å². The molecule has 0 amide bonds. The smallest absolute Gasteiger partial charge is 0.180 e. The van der Waals surface area contributed by atoms with Gasteiger partial charge in [0, 0.05) is 0 Å². The van der Waals surface area contributed by atoms with E-state index in [1.54, 1.807) is 0 Å². The van der Waals surface area contributed by atoms with Crippen molar-refractivity contribution in [2.24, 2.45) is 0 Å². The van der Waals surface area contributed by atoms with Crippen molar-refractivity contribution in [1.29, 1.82) is 0 Å². The summed E-state index contributed by atoms with van der Waals surface area (Å²) in [4.78, 5) is 0. The van der Waals surface area contributed by atoms with Crippen LogP contribution >= 0.6 is 0 Å². The van der Waals surface area contributed by atoms with Gasteiger partial charge in [-0.15, -0.1) is 13.2 Å². The van der Waals surface area contributed by atoms with Gasteiger partial charge in [0.2, 0.25) is 0 Å². The minimum Gasteiger partial charge on any atom is -0.414 e. The zero-order valence-corrected chi connectivity index (χ0v) is 19.0. The van der Waals surface area contributed by atoms with Gasteiger partial charge in [-0.25, -0.2) is 0 Å². The summed E-state index contributed by atoms with van der Waals surface area (Å²) in [5.74, 6) is 0. The van der Waals surface area contributed by atoms with Gasteiger partial charge >= 0.3 is 0 Å². The van der Waals surface area contributed by atoms with Gasteiger partial charge in [-0.3, -0.25) is 0 Å². The van der Waals surface area contributed by atoms with Gasteiger partial charge in [-0.1, -0.05) is 58.0 Å². The lowest BCUT2D eigenvalue weighted by atomic mass is 9.88. The van der Waals surface area contributed by atoms with Crippen molar-refractivity contribution in [2.45, 2.75) is 108 Å². The summed E-state index contributed by atoms with van der Waals surface area (Å²) in [5, 5.41) is 0. The van der Waals surface area contributed by atoms with E-state index >= 15 is 0 Å². The summed E-state index contributed by atoms with van der Waals surface area (Å²) in [7, 11) is -2.80. The standard InChI is InChI=1S/C21H42OSi2/c1-7-13-15-17-21(18-16-14-8-2)19-20-23(9-3,10-4)24(11-5,12-6)22-21/h7-8H,1-2,9-20H2,3-6H3. The molecule has 140 valence electrons. The molecule has 0 bridgehead atoms. The molecule has 1 aliphatic rings. The molecule has 0 radical (unpaired) electrons. The average Bonchev–Trinajstić information content (AvgIpc) is 2.62. The highest BCUT2D eigenvalue weighted by Crippen LogP contribution is 2.49. The summed E-state index contributed by atoms with van der Waals surface area (Å²) < 4.78 is 7.38. The molecule has 0 aromatic heterocycles. The number of unbranched alkanes of at least 4 members (excludes halogenated alkanes) is 2. The van der Waals surface area contributed by atoms with E-state index in [1.807, 2.05) is 0 Å². The Hall–Kier alpha value is -0.126. The minimum absolute atomic E-state index is 0.172. The predicted octanol–water partition coefficient (Wildman–Crippen LogP) is 7.41. The van der Waals surface area contributed by atoms with E-state index in [-0.39, 0.29) is 5.60 Å². The first-order valence-electron chi connectivity index (χ1n) is 10.4. The molecule has 1 nitrogen and oxygen atoms in total. The molecule has 1 fully saturated rings. The zero-order chi connectivity index (χ0) is 18.1. The molecule has 0 aromatic carbocycles. The first-order chi connectivity index (χ1) is 11.5. The monoisotopic (exact) mass is 366 g/mol. The van der Waals surface area contributed by atoms with Crippen molar-refractivity contribution in [3.63, 3.8) is 0 Å². The van der Waals surface area contributed by atoms with Gasteiger partial charge in [0.1, 0.15) is 0 Å². The van der Waals surface area contributed by atoms with E-state index in [9.17, 15) is 0 Å². The Morgan fingerprint density at radius 3 is 1.75 bits per heavy atom. The van der Waals surface area contributed by atoms with Crippen LogP contribution in [-0.4, -0.2) is 21.0 Å². The van der Waals surface area contributed by atoms with Crippen LogP contribution in [0.25, 0.3) is 0 Å². The van der Waals surface area contributed by atoms with Crippen LogP contribution in [0.3, 0.4) is 0 Å². The molecule has 1 aliphatic heterocycles. The fourth-order valence-corrected chi connectivity index (χ4v) is 24.2. The Kier molecular flexibility index (Phi) is 9.25. The fraction of sp³-hybridized carbons (Fsp3) is 0.810. The summed E-state index contributed by atoms with van der Waals surface area (Å²) in [6.07, 6.45) is 12.7. The third kappa shape index (κ3) is 4.53. The lowest BCUT2D eigenvalue weighted by Crippen LogP contribution is -2.70. The average molecular weight is 367 g/mol. The van der Waals surface area contributed by atoms with Crippen molar-refractivity contribution in [2.75, 3.05) is 0 Å². The van der Waals surface area contributed by atoms with Crippen LogP contribution in [-0.2, 0) is 4.43 Å². The normalized spacial score (nSPS) is 21.3. The van der Waals surface area contributed by atoms with Crippen LogP contribution < -0.4 is 0 Å². The molecule has 24 heavy (non-hydrogen) atoms. The summed E-state index contributed by atoms with van der Waals surface area (Å²) in [5.41, 5.74) is 0.172. The van der Waals surface area contributed by atoms with Crippen LogP contribution in [0.2, 0.25) is 30.2 Å². The lowest BCUT2D eigenvalue weighted by molar-refractivity contribution is 0.0286. The zero-order valence-electron chi connectivity index (χ0n) is 17.0. The van der Waals surface area contributed by atoms with Gasteiger partial charge < -0.3 is 4.43 Å². The fourth-order valence-electron chi connectivity index (χ4n) is 5.28. The van der Waals surface area contributed by atoms with Crippen LogP contribution in [0, 0.1) is 0 Å². The van der Waals surface area contributed by atoms with Crippen LogP contribution in [0.5, 0.6) is 0 Å². The molecular formula is C21H42OSi2. The third-order valence-electron chi connectivity index (χ3n) is 7.01. The van der Waals surface area contributed by atoms with Crippen molar-refractivity contribution in [1.82, 2.24) is 0 Å². The third-order valence-corrected chi connectivity index (χ3v) is 27.1. The number of hydrogen-bond donors (Lipinski definition) is 0. The van der Waals surface area contributed by atoms with Gasteiger partial charge in [-0.2, -0.15) is 0 Å². The number of allylic oxidation sites excluding steroid dienone is 2. The van der Waals surface area contributed by atoms with Crippen molar-refractivity contribution >= 4 is 15.4 Å². The Bertz CT molecular complexity index is 369. The molecule has 0 unspecified atom stereocenters. The Morgan fingerprint density at radius 1 is 0.875 bits per heavy atom. The Morgan fingerprint density at radius 2 is 1.38 bits per heavy atom. The highest BCUT2D eigenvalue weighted by Gasteiger charge is 2.58. The maximum Gasteiger partial charge on any atom is 0.180 e. The molecule has 0 aliphatic carbocycles. The van der Waals surface area contributed by atoms with Crippen molar-refractivity contribution in [3.05, 3.63) is 25.3 Å². The van der Waals surface area contributed by atoms with Crippen LogP contribution in [0.15, 0.2) is 25.3 Å². The number of hydrogen-bond acceptors (Lipinski definition) is 1. The Labute approximate surface area is 153 Å². The van der Waals surface area contributed by atoms with E-state index in [2.05, 4.69) is 53.0 Å². The lowest BCUT2D eigenvalue weighted by Gasteiger charge is -2.57. The minimum atomic E-state index is -1.58. The van der Waals surface area contributed by atoms with E-state index in [0.29, 0.717) is 0 Å². The second-order valence-electron chi connectivity index (χ2n) is 7.84. The molecule has 1 saturated heterocycles. The second-order valence-corrected chi connectivity index (χ2v) is 21.8. The predicted molar refractivity (Wildman–Crippen MR) is 115 cm³/mol. The van der Waals surface area contributed by atoms with E-state index < -0.39 is 15.4 Å². The van der Waals surface area contributed by atoms with Gasteiger partial charge in [-0.05, 0) is 57.0 Å². The largest absolute Gasteiger partial charge is 0.414 e. The van der Waals surface area contributed by atoms with Crippen LogP contribution in [0.1, 0.15) is 72.6 Å².